The molecule has 2 aliphatic heterocycles. The topological polar surface area (TPSA) is 50.0 Å². The van der Waals surface area contributed by atoms with E-state index in [-0.39, 0.29) is 24.0 Å². The zero-order valence-electron chi connectivity index (χ0n) is 14.6. The second kappa shape index (κ2) is 10.3. The Morgan fingerprint density at radius 3 is 3.04 bits per heavy atom. The van der Waals surface area contributed by atoms with Gasteiger partial charge >= 0.3 is 0 Å². The van der Waals surface area contributed by atoms with Gasteiger partial charge in [0.1, 0.15) is 5.76 Å². The standard InChI is InChI=1S/C18H29N3O2.HI/c1-15-4-2-9-21(13-15)18(20-12-16-7-11-22-14-16)19-8-6-17-5-3-10-23-17;/h3,5,10,15-16H,2,4,6-9,11-14H2,1H3,(H,19,20);1H. The van der Waals surface area contributed by atoms with Crippen LogP contribution in [0.3, 0.4) is 0 Å². The van der Waals surface area contributed by atoms with E-state index in [1.54, 1.807) is 6.26 Å². The van der Waals surface area contributed by atoms with E-state index in [2.05, 4.69) is 17.1 Å². The Balaban J connectivity index is 0.00000208. The fourth-order valence-electron chi connectivity index (χ4n) is 3.34. The van der Waals surface area contributed by atoms with E-state index >= 15 is 0 Å². The van der Waals surface area contributed by atoms with Crippen LogP contribution >= 0.6 is 24.0 Å². The SMILES string of the molecule is CC1CCCN(C(=NCC2CCOC2)NCCc2ccco2)C1.I. The van der Waals surface area contributed by atoms with Gasteiger partial charge in [0.05, 0.1) is 12.9 Å². The van der Waals surface area contributed by atoms with Crippen molar-refractivity contribution in [2.75, 3.05) is 39.4 Å². The van der Waals surface area contributed by atoms with Crippen LogP contribution < -0.4 is 5.32 Å². The number of halogens is 1. The lowest BCUT2D eigenvalue weighted by Gasteiger charge is -2.33. The summed E-state index contributed by atoms with van der Waals surface area (Å²) < 4.78 is 10.9. The number of furan rings is 1. The Morgan fingerprint density at radius 1 is 1.42 bits per heavy atom. The monoisotopic (exact) mass is 447 g/mol. The molecule has 2 aliphatic rings. The molecule has 24 heavy (non-hydrogen) atoms. The fourth-order valence-corrected chi connectivity index (χ4v) is 3.34. The number of hydrogen-bond donors (Lipinski definition) is 1. The summed E-state index contributed by atoms with van der Waals surface area (Å²) in [5.74, 6) is 3.41. The number of guanidine groups is 1. The largest absolute Gasteiger partial charge is 0.469 e. The minimum absolute atomic E-state index is 0. The van der Waals surface area contributed by atoms with Gasteiger partial charge in [-0.3, -0.25) is 4.99 Å². The van der Waals surface area contributed by atoms with Crippen molar-refractivity contribution in [1.29, 1.82) is 0 Å². The zero-order chi connectivity index (χ0) is 15.9. The third-order valence-electron chi connectivity index (χ3n) is 4.71. The number of piperidine rings is 1. The van der Waals surface area contributed by atoms with Crippen molar-refractivity contribution >= 4 is 29.9 Å². The van der Waals surface area contributed by atoms with Gasteiger partial charge in [0, 0.05) is 45.1 Å². The quantitative estimate of drug-likeness (QED) is 0.428. The molecule has 0 aromatic carbocycles. The number of hydrogen-bond acceptors (Lipinski definition) is 3. The number of nitrogens with one attached hydrogen (secondary N) is 1. The highest BCUT2D eigenvalue weighted by atomic mass is 127. The van der Waals surface area contributed by atoms with Crippen LogP contribution in [0.25, 0.3) is 0 Å². The summed E-state index contributed by atoms with van der Waals surface area (Å²) in [7, 11) is 0. The molecule has 1 N–H and O–H groups in total. The molecule has 0 saturated carbocycles. The van der Waals surface area contributed by atoms with Gasteiger partial charge in [0.2, 0.25) is 0 Å². The maximum Gasteiger partial charge on any atom is 0.193 e. The molecule has 0 radical (unpaired) electrons. The number of likely N-dealkylation sites (tertiary alicyclic amines) is 1. The Morgan fingerprint density at radius 2 is 2.33 bits per heavy atom. The third kappa shape index (κ3) is 5.95. The molecular formula is C18H30IN3O2. The van der Waals surface area contributed by atoms with Gasteiger partial charge in [0.25, 0.3) is 0 Å². The molecular weight excluding hydrogens is 417 g/mol. The molecule has 2 unspecified atom stereocenters. The molecule has 6 heteroatoms. The van der Waals surface area contributed by atoms with Crippen molar-refractivity contribution in [3.05, 3.63) is 24.2 Å². The normalized spacial score (nSPS) is 24.7. The molecule has 136 valence electrons. The van der Waals surface area contributed by atoms with E-state index < -0.39 is 0 Å². The highest BCUT2D eigenvalue weighted by molar-refractivity contribution is 14.0. The lowest BCUT2D eigenvalue weighted by molar-refractivity contribution is 0.187. The Hall–Kier alpha value is -0.760. The maximum absolute atomic E-state index is 5.47. The molecule has 2 saturated heterocycles. The predicted octanol–water partition coefficient (Wildman–Crippen LogP) is 3.15. The zero-order valence-corrected chi connectivity index (χ0v) is 16.9. The summed E-state index contributed by atoms with van der Waals surface area (Å²) in [6.45, 7) is 8.03. The van der Waals surface area contributed by atoms with Gasteiger partial charge in [-0.05, 0) is 37.3 Å². The van der Waals surface area contributed by atoms with Crippen molar-refractivity contribution in [3.8, 4) is 0 Å². The number of nitrogens with zero attached hydrogens (tertiary/aromatic N) is 2. The summed E-state index contributed by atoms with van der Waals surface area (Å²) in [5.41, 5.74) is 0. The first-order valence-corrected chi connectivity index (χ1v) is 8.94. The van der Waals surface area contributed by atoms with Crippen LogP contribution in [0, 0.1) is 11.8 Å². The van der Waals surface area contributed by atoms with Crippen molar-refractivity contribution in [2.45, 2.75) is 32.6 Å². The summed E-state index contributed by atoms with van der Waals surface area (Å²) in [4.78, 5) is 7.33. The second-order valence-corrected chi connectivity index (χ2v) is 6.84. The van der Waals surface area contributed by atoms with E-state index in [1.807, 2.05) is 12.1 Å². The van der Waals surface area contributed by atoms with Crippen LogP contribution in [-0.2, 0) is 11.2 Å². The lowest BCUT2D eigenvalue weighted by atomic mass is 10.0. The van der Waals surface area contributed by atoms with Crippen molar-refractivity contribution in [2.24, 2.45) is 16.8 Å². The number of rotatable bonds is 5. The molecule has 1 aromatic rings. The number of ether oxygens (including phenoxy) is 1. The molecule has 0 amide bonds. The Kier molecular flexibility index (Phi) is 8.38. The van der Waals surface area contributed by atoms with Gasteiger partial charge < -0.3 is 19.4 Å². The summed E-state index contributed by atoms with van der Waals surface area (Å²) >= 11 is 0. The highest BCUT2D eigenvalue weighted by Gasteiger charge is 2.21. The van der Waals surface area contributed by atoms with Crippen LogP contribution in [0.15, 0.2) is 27.8 Å². The van der Waals surface area contributed by atoms with E-state index in [0.717, 1.165) is 69.9 Å². The van der Waals surface area contributed by atoms with Crippen LogP contribution in [0.5, 0.6) is 0 Å². The van der Waals surface area contributed by atoms with Gasteiger partial charge in [-0.1, -0.05) is 6.92 Å². The molecule has 0 spiro atoms. The molecule has 5 nitrogen and oxygen atoms in total. The van der Waals surface area contributed by atoms with Crippen LogP contribution in [0.2, 0.25) is 0 Å². The van der Waals surface area contributed by atoms with Crippen LogP contribution in [0.4, 0.5) is 0 Å². The minimum Gasteiger partial charge on any atom is -0.469 e. The van der Waals surface area contributed by atoms with Crippen LogP contribution in [0.1, 0.15) is 31.9 Å². The Bertz CT molecular complexity index is 486. The van der Waals surface area contributed by atoms with E-state index in [4.69, 9.17) is 14.1 Å². The molecule has 3 heterocycles. The van der Waals surface area contributed by atoms with E-state index in [1.165, 1.54) is 12.8 Å². The van der Waals surface area contributed by atoms with Gasteiger partial charge in [0.15, 0.2) is 5.96 Å². The average Bonchev–Trinajstić information content (AvgIpc) is 3.24. The summed E-state index contributed by atoms with van der Waals surface area (Å²) in [5, 5.41) is 3.55. The second-order valence-electron chi connectivity index (χ2n) is 6.84. The van der Waals surface area contributed by atoms with Crippen molar-refractivity contribution in [3.63, 3.8) is 0 Å². The lowest BCUT2D eigenvalue weighted by Crippen LogP contribution is -2.47. The smallest absolute Gasteiger partial charge is 0.193 e. The molecule has 0 bridgehead atoms. The fraction of sp³-hybridized carbons (Fsp3) is 0.722. The first kappa shape index (κ1) is 19.6. The molecule has 2 atom stereocenters. The summed E-state index contributed by atoms with van der Waals surface area (Å²) in [6, 6.07) is 3.97. The van der Waals surface area contributed by atoms with Crippen LogP contribution in [-0.4, -0.2) is 50.3 Å². The molecule has 1 aromatic heterocycles. The molecule has 3 rings (SSSR count). The highest BCUT2D eigenvalue weighted by Crippen LogP contribution is 2.17. The average molecular weight is 447 g/mol. The van der Waals surface area contributed by atoms with Gasteiger partial charge in [-0.2, -0.15) is 0 Å². The van der Waals surface area contributed by atoms with Crippen molar-refractivity contribution < 1.29 is 9.15 Å². The first-order chi connectivity index (χ1) is 11.3. The molecule has 2 fully saturated rings. The Labute approximate surface area is 162 Å². The van der Waals surface area contributed by atoms with Gasteiger partial charge in [-0.15, -0.1) is 24.0 Å². The van der Waals surface area contributed by atoms with Gasteiger partial charge in [-0.25, -0.2) is 0 Å². The van der Waals surface area contributed by atoms with E-state index in [0.29, 0.717) is 5.92 Å². The molecule has 0 aliphatic carbocycles. The maximum atomic E-state index is 5.47. The number of aliphatic imine (C=N–C) groups is 1. The van der Waals surface area contributed by atoms with Crippen molar-refractivity contribution in [1.82, 2.24) is 10.2 Å². The third-order valence-corrected chi connectivity index (χ3v) is 4.71. The van der Waals surface area contributed by atoms with E-state index in [9.17, 15) is 0 Å². The first-order valence-electron chi connectivity index (χ1n) is 8.94. The minimum atomic E-state index is 0. The summed E-state index contributed by atoms with van der Waals surface area (Å²) in [6.07, 6.45) is 6.34. The predicted molar refractivity (Wildman–Crippen MR) is 107 cm³/mol.